The van der Waals surface area contributed by atoms with E-state index in [0.29, 0.717) is 44.7 Å². The molecule has 0 aliphatic carbocycles. The number of carbonyl (C=O) groups excluding carboxylic acids is 1. The normalized spacial score (nSPS) is 13.2. The number of nitrogens with one attached hydrogen (secondary N) is 2. The summed E-state index contributed by atoms with van der Waals surface area (Å²) in [5, 5.41) is 4.34. The minimum Gasteiger partial charge on any atom is -0.489 e. The fourth-order valence-corrected chi connectivity index (χ4v) is 4.52. The molecular formula is C28H19F3N4O4. The summed E-state index contributed by atoms with van der Waals surface area (Å²) >= 11 is 0. The number of nitrogens with zero attached hydrogens (tertiary/aromatic N) is 2. The molecule has 0 saturated carbocycles. The van der Waals surface area contributed by atoms with E-state index in [-0.39, 0.29) is 24.4 Å². The highest BCUT2D eigenvalue weighted by Crippen LogP contribution is 2.39. The molecule has 0 bridgehead atoms. The molecule has 0 radical (unpaired) electrons. The highest BCUT2D eigenvalue weighted by molar-refractivity contribution is 6.07. The summed E-state index contributed by atoms with van der Waals surface area (Å²) in [5.41, 5.74) is -0.272. The summed E-state index contributed by atoms with van der Waals surface area (Å²) in [6, 6.07) is 17.6. The van der Waals surface area contributed by atoms with Gasteiger partial charge in [0.25, 0.3) is 5.56 Å². The summed E-state index contributed by atoms with van der Waals surface area (Å²) in [6.07, 6.45) is -3.00. The van der Waals surface area contributed by atoms with Crippen LogP contribution in [-0.4, -0.2) is 29.2 Å². The highest BCUT2D eigenvalue weighted by atomic mass is 19.4. The van der Waals surface area contributed by atoms with Gasteiger partial charge < -0.3 is 19.8 Å². The van der Waals surface area contributed by atoms with Crippen LogP contribution in [0.1, 0.15) is 5.56 Å². The lowest BCUT2D eigenvalue weighted by molar-refractivity contribution is -0.137. The lowest BCUT2D eigenvalue weighted by Crippen LogP contribution is -2.40. The Kier molecular flexibility index (Phi) is 5.82. The molecular weight excluding hydrogens is 513 g/mol. The van der Waals surface area contributed by atoms with Crippen molar-refractivity contribution in [2.24, 2.45) is 0 Å². The third kappa shape index (κ3) is 4.58. The number of aromatic amines is 1. The molecule has 0 unspecified atom stereocenters. The number of amides is 2. The van der Waals surface area contributed by atoms with Gasteiger partial charge in [0.2, 0.25) is 0 Å². The second-order valence-corrected chi connectivity index (χ2v) is 8.77. The number of urea groups is 1. The van der Waals surface area contributed by atoms with E-state index in [9.17, 15) is 22.8 Å². The molecule has 11 heteroatoms. The molecule has 3 aromatic carbocycles. The molecule has 2 amide bonds. The minimum atomic E-state index is -4.52. The number of rotatable bonds is 3. The Morgan fingerprint density at radius 2 is 1.85 bits per heavy atom. The maximum Gasteiger partial charge on any atom is 0.416 e. The van der Waals surface area contributed by atoms with Gasteiger partial charge in [-0.1, -0.05) is 24.3 Å². The van der Waals surface area contributed by atoms with Gasteiger partial charge in [0.1, 0.15) is 29.5 Å². The smallest absolute Gasteiger partial charge is 0.416 e. The van der Waals surface area contributed by atoms with Gasteiger partial charge >= 0.3 is 12.2 Å². The first-order chi connectivity index (χ1) is 18.8. The molecule has 3 heterocycles. The van der Waals surface area contributed by atoms with Crippen molar-refractivity contribution in [1.82, 2.24) is 9.97 Å². The number of carbonyl (C=O) groups is 1. The zero-order chi connectivity index (χ0) is 27.1. The standard InChI is InChI=1S/C28H19F3N4O4/c29-28(30,31)16-4-3-5-17(14-16)33-27(37)35-12-13-38-23-15-18(8-9-21(23)35)39-22-10-11-32-25-24(22)19-6-1-2-7-20(19)26(36)34-25/h1-11,14-15H,12-13H2,(H,33,37)(H,32,34,36). The third-order valence-corrected chi connectivity index (χ3v) is 6.29. The Bertz CT molecular complexity index is 1800. The number of alkyl halides is 3. The lowest BCUT2D eigenvalue weighted by Gasteiger charge is -2.30. The number of fused-ring (bicyclic) bond motifs is 4. The van der Waals surface area contributed by atoms with Gasteiger partial charge in [-0.15, -0.1) is 0 Å². The van der Waals surface area contributed by atoms with Crippen molar-refractivity contribution in [3.05, 3.63) is 94.9 Å². The van der Waals surface area contributed by atoms with E-state index in [1.807, 2.05) is 12.1 Å². The fourth-order valence-electron chi connectivity index (χ4n) is 4.52. The van der Waals surface area contributed by atoms with Crippen LogP contribution < -0.4 is 25.2 Å². The molecule has 2 N–H and O–H groups in total. The second kappa shape index (κ2) is 9.35. The Labute approximate surface area is 218 Å². The van der Waals surface area contributed by atoms with Crippen LogP contribution in [0.3, 0.4) is 0 Å². The molecule has 8 nitrogen and oxygen atoms in total. The fraction of sp³-hybridized carbons (Fsp3) is 0.107. The van der Waals surface area contributed by atoms with E-state index in [0.717, 1.165) is 12.1 Å². The van der Waals surface area contributed by atoms with Crippen molar-refractivity contribution in [3.63, 3.8) is 0 Å². The maximum atomic E-state index is 13.1. The van der Waals surface area contributed by atoms with Gasteiger partial charge in [0.05, 0.1) is 23.2 Å². The average molecular weight is 532 g/mol. The van der Waals surface area contributed by atoms with Crippen molar-refractivity contribution < 1.29 is 27.4 Å². The van der Waals surface area contributed by atoms with Crippen LogP contribution in [0.5, 0.6) is 17.2 Å². The number of anilines is 2. The first-order valence-electron chi connectivity index (χ1n) is 11.9. The van der Waals surface area contributed by atoms with Gasteiger partial charge in [-0.2, -0.15) is 13.2 Å². The zero-order valence-corrected chi connectivity index (χ0v) is 20.1. The maximum absolute atomic E-state index is 13.1. The van der Waals surface area contributed by atoms with Crippen LogP contribution in [0.4, 0.5) is 29.3 Å². The summed E-state index contributed by atoms with van der Waals surface area (Å²) in [5.74, 6) is 1.24. The van der Waals surface area contributed by atoms with Gasteiger partial charge in [0, 0.05) is 28.7 Å². The molecule has 0 saturated heterocycles. The number of hydrogen-bond donors (Lipinski definition) is 2. The SMILES string of the molecule is O=C(Nc1cccc(C(F)(F)F)c1)N1CCOc2cc(Oc3ccnc4[nH]c(=O)c5ccccc5c34)ccc21. The quantitative estimate of drug-likeness (QED) is 0.265. The molecule has 0 atom stereocenters. The predicted molar refractivity (Wildman–Crippen MR) is 140 cm³/mol. The molecule has 0 spiro atoms. The van der Waals surface area contributed by atoms with Crippen molar-refractivity contribution in [2.75, 3.05) is 23.4 Å². The van der Waals surface area contributed by atoms with Gasteiger partial charge in [-0.05, 0) is 42.5 Å². The number of benzene rings is 3. The zero-order valence-electron chi connectivity index (χ0n) is 20.1. The van der Waals surface area contributed by atoms with Crippen molar-refractivity contribution in [3.8, 4) is 17.2 Å². The molecule has 5 aromatic rings. The molecule has 196 valence electrons. The monoisotopic (exact) mass is 532 g/mol. The summed E-state index contributed by atoms with van der Waals surface area (Å²) < 4.78 is 51.1. The molecule has 6 rings (SSSR count). The van der Waals surface area contributed by atoms with Crippen LogP contribution in [-0.2, 0) is 6.18 Å². The minimum absolute atomic E-state index is 0.0256. The number of pyridine rings is 2. The Hall–Kier alpha value is -5.06. The summed E-state index contributed by atoms with van der Waals surface area (Å²) in [4.78, 5) is 33.9. The molecule has 39 heavy (non-hydrogen) atoms. The first-order valence-corrected chi connectivity index (χ1v) is 11.9. The molecule has 0 fully saturated rings. The Balaban J connectivity index is 1.29. The molecule has 1 aliphatic rings. The van der Waals surface area contributed by atoms with E-state index in [2.05, 4.69) is 15.3 Å². The Morgan fingerprint density at radius 3 is 2.67 bits per heavy atom. The molecule has 1 aliphatic heterocycles. The number of ether oxygens (including phenoxy) is 2. The van der Waals surface area contributed by atoms with E-state index in [1.165, 1.54) is 23.2 Å². The van der Waals surface area contributed by atoms with Crippen LogP contribution >= 0.6 is 0 Å². The van der Waals surface area contributed by atoms with Gasteiger partial charge in [-0.25, -0.2) is 9.78 Å². The van der Waals surface area contributed by atoms with Crippen LogP contribution in [0, 0.1) is 0 Å². The number of halogens is 3. The van der Waals surface area contributed by atoms with Crippen LogP contribution in [0.25, 0.3) is 21.8 Å². The topological polar surface area (TPSA) is 96.6 Å². The second-order valence-electron chi connectivity index (χ2n) is 8.77. The van der Waals surface area contributed by atoms with Crippen LogP contribution in [0.15, 0.2) is 83.8 Å². The number of aromatic nitrogens is 2. The lowest BCUT2D eigenvalue weighted by atomic mass is 10.1. The highest BCUT2D eigenvalue weighted by Gasteiger charge is 2.31. The van der Waals surface area contributed by atoms with E-state index in [1.54, 1.807) is 36.4 Å². The van der Waals surface area contributed by atoms with Gasteiger partial charge in [-0.3, -0.25) is 9.69 Å². The van der Waals surface area contributed by atoms with Crippen LogP contribution in [0.2, 0.25) is 0 Å². The average Bonchev–Trinajstić information content (AvgIpc) is 2.92. The van der Waals surface area contributed by atoms with E-state index >= 15 is 0 Å². The predicted octanol–water partition coefficient (Wildman–Crippen LogP) is 6.32. The van der Waals surface area contributed by atoms with Gasteiger partial charge in [0.15, 0.2) is 0 Å². The molecule has 2 aromatic heterocycles. The Morgan fingerprint density at radius 1 is 1.03 bits per heavy atom. The largest absolute Gasteiger partial charge is 0.489 e. The van der Waals surface area contributed by atoms with Crippen molar-refractivity contribution >= 4 is 39.2 Å². The third-order valence-electron chi connectivity index (χ3n) is 6.29. The van der Waals surface area contributed by atoms with E-state index in [4.69, 9.17) is 9.47 Å². The number of H-pyrrole nitrogens is 1. The first kappa shape index (κ1) is 24.3. The number of hydrogen-bond acceptors (Lipinski definition) is 5. The van der Waals surface area contributed by atoms with Crippen molar-refractivity contribution in [2.45, 2.75) is 6.18 Å². The summed E-state index contributed by atoms with van der Waals surface area (Å²) in [7, 11) is 0. The van der Waals surface area contributed by atoms with Crippen molar-refractivity contribution in [1.29, 1.82) is 0 Å². The summed E-state index contributed by atoms with van der Waals surface area (Å²) in [6.45, 7) is 0.378. The van der Waals surface area contributed by atoms with E-state index < -0.39 is 17.8 Å².